The molecule has 0 aliphatic heterocycles. The molecule has 0 fully saturated rings. The first-order chi connectivity index (χ1) is 20.9. The summed E-state index contributed by atoms with van der Waals surface area (Å²) in [7, 11) is 1.69. The van der Waals surface area contributed by atoms with Crippen molar-refractivity contribution in [1.29, 1.82) is 0 Å². The Kier molecular flexibility index (Phi) is 12.6. The smallest absolute Gasteiger partial charge is 0.362 e. The van der Waals surface area contributed by atoms with Gasteiger partial charge in [-0.25, -0.2) is 14.8 Å². The summed E-state index contributed by atoms with van der Waals surface area (Å²) in [6.45, 7) is 9.91. The van der Waals surface area contributed by atoms with Gasteiger partial charge >= 0.3 is 5.97 Å². The van der Waals surface area contributed by atoms with Gasteiger partial charge in [0.1, 0.15) is 17.1 Å². The van der Waals surface area contributed by atoms with Crippen LogP contribution in [0.5, 0.6) is 0 Å². The number of carbonyl (C=O) groups is 3. The van der Waals surface area contributed by atoms with Crippen LogP contribution >= 0.6 is 23.2 Å². The number of pyridine rings is 2. The van der Waals surface area contributed by atoms with Gasteiger partial charge in [-0.15, -0.1) is 0 Å². The van der Waals surface area contributed by atoms with Gasteiger partial charge in [0.2, 0.25) is 0 Å². The third kappa shape index (κ3) is 9.18. The molecule has 230 valence electrons. The zero-order valence-electron chi connectivity index (χ0n) is 25.7. The first-order valence-electron chi connectivity index (χ1n) is 14.1. The molecule has 0 bridgehead atoms. The highest BCUT2D eigenvalue weighted by atomic mass is 35.5. The van der Waals surface area contributed by atoms with Crippen LogP contribution in [-0.2, 0) is 9.53 Å². The van der Waals surface area contributed by atoms with Gasteiger partial charge < -0.3 is 10.1 Å². The van der Waals surface area contributed by atoms with Crippen molar-refractivity contribution >= 4 is 52.6 Å². The van der Waals surface area contributed by atoms with Crippen molar-refractivity contribution in [3.63, 3.8) is 0 Å². The first kappa shape index (κ1) is 34.4. The van der Waals surface area contributed by atoms with E-state index in [0.717, 1.165) is 27.8 Å². The molecule has 1 aromatic carbocycles. The van der Waals surface area contributed by atoms with Gasteiger partial charge in [-0.1, -0.05) is 53.0 Å². The highest BCUT2D eigenvalue weighted by Gasteiger charge is 2.37. The van der Waals surface area contributed by atoms with Crippen molar-refractivity contribution in [2.24, 2.45) is 10.9 Å². The third-order valence-corrected chi connectivity index (χ3v) is 7.40. The van der Waals surface area contributed by atoms with Crippen LogP contribution in [0.1, 0.15) is 68.6 Å². The molecule has 0 saturated carbocycles. The average Bonchev–Trinajstić information content (AvgIpc) is 3.27. The van der Waals surface area contributed by atoms with Gasteiger partial charge in [-0.2, -0.15) is 0 Å². The molecule has 1 aliphatic rings. The zero-order chi connectivity index (χ0) is 32.4. The number of hydrogen-bond acceptors (Lipinski definition) is 7. The van der Waals surface area contributed by atoms with Crippen LogP contribution < -0.4 is 5.32 Å². The third-order valence-electron chi connectivity index (χ3n) is 6.86. The van der Waals surface area contributed by atoms with E-state index in [0.29, 0.717) is 27.8 Å². The predicted molar refractivity (Wildman–Crippen MR) is 175 cm³/mol. The minimum atomic E-state index is -0.606. The predicted octanol–water partition coefficient (Wildman–Crippen LogP) is 7.17. The topological polar surface area (TPSA) is 111 Å². The molecule has 1 aliphatic carbocycles. The van der Waals surface area contributed by atoms with E-state index in [-0.39, 0.29) is 36.0 Å². The van der Waals surface area contributed by atoms with Crippen molar-refractivity contribution < 1.29 is 19.1 Å². The van der Waals surface area contributed by atoms with Crippen LogP contribution in [0.3, 0.4) is 0 Å². The number of hydrogen-bond donors (Lipinski definition) is 1. The number of aromatic nitrogens is 2. The van der Waals surface area contributed by atoms with Crippen LogP contribution in [0.15, 0.2) is 70.7 Å². The fraction of sp³-hybridized carbons (Fsp3) is 0.294. The number of nitrogens with one attached hydrogen (secondary N) is 1. The van der Waals surface area contributed by atoms with Crippen LogP contribution in [0.4, 0.5) is 0 Å². The number of ketones is 1. The van der Waals surface area contributed by atoms with Crippen molar-refractivity contribution in [2.75, 3.05) is 13.6 Å². The molecule has 1 atom stereocenters. The molecule has 2 heterocycles. The Labute approximate surface area is 268 Å². The highest BCUT2D eigenvalue weighted by molar-refractivity contribution is 6.39. The quantitative estimate of drug-likeness (QED) is 0.208. The number of rotatable bonds is 8. The molecule has 4 rings (SSSR count). The lowest BCUT2D eigenvalue weighted by Crippen LogP contribution is -2.27. The van der Waals surface area contributed by atoms with E-state index >= 15 is 0 Å². The molecule has 10 heteroatoms. The van der Waals surface area contributed by atoms with Gasteiger partial charge in [0.15, 0.2) is 5.78 Å². The van der Waals surface area contributed by atoms with Gasteiger partial charge in [0.05, 0.1) is 15.6 Å². The lowest BCUT2D eigenvalue weighted by molar-refractivity contribution is -0.116. The fourth-order valence-corrected chi connectivity index (χ4v) is 5.04. The summed E-state index contributed by atoms with van der Waals surface area (Å²) in [5.74, 6) is -1.16. The van der Waals surface area contributed by atoms with E-state index in [9.17, 15) is 14.4 Å². The van der Waals surface area contributed by atoms with E-state index < -0.39 is 11.9 Å². The number of ether oxygens (including phenoxy) is 1. The summed E-state index contributed by atoms with van der Waals surface area (Å²) in [5, 5.41) is 3.93. The minimum Gasteiger partial charge on any atom is -0.426 e. The van der Waals surface area contributed by atoms with Crippen molar-refractivity contribution in [3.05, 3.63) is 110 Å². The average molecular weight is 636 g/mol. The Bertz CT molecular complexity index is 1590. The SMILES string of the molecule is C/C=C(/Cl)C=NC.Cc1ccc(C(=O)OC2=C(c3c(C)cc(C)cc3C)C(=O)C(CCNC(=O)c3ccc(Cl)cn3)C2)nc1. The number of nitrogens with zero attached hydrogens (tertiary/aromatic N) is 3. The summed E-state index contributed by atoms with van der Waals surface area (Å²) in [6, 6.07) is 10.5. The van der Waals surface area contributed by atoms with E-state index in [2.05, 4.69) is 20.3 Å². The molecule has 0 radical (unpaired) electrons. The summed E-state index contributed by atoms with van der Waals surface area (Å²) in [6.07, 6.45) is 7.03. The number of halogens is 2. The van der Waals surface area contributed by atoms with Crippen LogP contribution in [0.2, 0.25) is 5.02 Å². The molecule has 44 heavy (non-hydrogen) atoms. The Balaban J connectivity index is 0.000000676. The Morgan fingerprint density at radius 2 is 1.68 bits per heavy atom. The second kappa shape index (κ2) is 16.1. The van der Waals surface area contributed by atoms with E-state index in [1.807, 2.05) is 46.8 Å². The Morgan fingerprint density at radius 1 is 1.02 bits per heavy atom. The number of allylic oxidation sites excluding steroid dienone is 4. The molecule has 1 amide bonds. The van der Waals surface area contributed by atoms with Crippen molar-refractivity contribution in [3.8, 4) is 0 Å². The van der Waals surface area contributed by atoms with Crippen LogP contribution in [0.25, 0.3) is 5.57 Å². The maximum absolute atomic E-state index is 13.6. The van der Waals surface area contributed by atoms with Gasteiger partial charge in [-0.3, -0.25) is 14.6 Å². The van der Waals surface area contributed by atoms with Gasteiger partial charge in [-0.05, 0) is 81.5 Å². The number of benzene rings is 1. The second-order valence-corrected chi connectivity index (χ2v) is 11.3. The van der Waals surface area contributed by atoms with Crippen LogP contribution in [0, 0.1) is 33.6 Å². The molecule has 1 unspecified atom stereocenters. The zero-order valence-corrected chi connectivity index (χ0v) is 27.2. The van der Waals surface area contributed by atoms with E-state index in [1.165, 1.54) is 12.3 Å². The summed E-state index contributed by atoms with van der Waals surface area (Å²) >= 11 is 11.3. The summed E-state index contributed by atoms with van der Waals surface area (Å²) < 4.78 is 5.80. The maximum atomic E-state index is 13.6. The molecule has 0 saturated heterocycles. The number of Topliss-reactive ketones (excluding diaryl/α,β-unsaturated/α-hetero) is 1. The molecule has 1 N–H and O–H groups in total. The number of carbonyl (C=O) groups excluding carboxylic acids is 3. The molecule has 8 nitrogen and oxygen atoms in total. The molecule has 3 aromatic rings. The van der Waals surface area contributed by atoms with Crippen molar-refractivity contribution in [2.45, 2.75) is 47.5 Å². The summed E-state index contributed by atoms with van der Waals surface area (Å²) in [5.41, 5.74) is 5.51. The van der Waals surface area contributed by atoms with Crippen LogP contribution in [-0.4, -0.2) is 47.4 Å². The minimum absolute atomic E-state index is 0.103. The molecular weight excluding hydrogens is 599 g/mol. The lowest BCUT2D eigenvalue weighted by atomic mass is 9.90. The number of aryl methyl sites for hydroxylation is 4. The summed E-state index contributed by atoms with van der Waals surface area (Å²) in [4.78, 5) is 50.8. The van der Waals surface area contributed by atoms with Gasteiger partial charge in [0.25, 0.3) is 5.91 Å². The normalized spacial score (nSPS) is 14.9. The lowest BCUT2D eigenvalue weighted by Gasteiger charge is -2.14. The molecule has 0 spiro atoms. The Morgan fingerprint density at radius 3 is 2.23 bits per heavy atom. The second-order valence-electron chi connectivity index (χ2n) is 10.4. The monoisotopic (exact) mass is 634 g/mol. The van der Waals surface area contributed by atoms with E-state index in [4.69, 9.17) is 27.9 Å². The Hall–Kier alpha value is -4.14. The standard InChI is InChI=1S/C29H28ClN3O4.C5H8ClN/c1-16-5-7-23(32-14-16)29(36)37-24-13-20(9-10-31-28(35)22-8-6-21(30)15-33-22)27(34)26(24)25-18(3)11-17(2)12-19(25)4;1-3-5(6)4-7-2/h5-8,11-12,14-15,20H,9-10,13H2,1-4H3,(H,31,35);3-4H,1-2H3/b;5-3+,7-4?. The number of amides is 1. The van der Waals surface area contributed by atoms with E-state index in [1.54, 1.807) is 43.7 Å². The molecule has 2 aromatic heterocycles. The number of esters is 1. The maximum Gasteiger partial charge on any atom is 0.362 e. The molecular formula is C34H36Cl2N4O4. The first-order valence-corrected chi connectivity index (χ1v) is 14.8. The number of aliphatic imine (C=N–C) groups is 1. The van der Waals surface area contributed by atoms with Gasteiger partial charge in [0, 0.05) is 44.5 Å². The highest BCUT2D eigenvalue weighted by Crippen LogP contribution is 2.40. The fourth-order valence-electron chi connectivity index (χ4n) is 4.83. The van der Waals surface area contributed by atoms with Crippen molar-refractivity contribution in [1.82, 2.24) is 15.3 Å². The largest absolute Gasteiger partial charge is 0.426 e.